The van der Waals surface area contributed by atoms with Crippen LogP contribution in [-0.2, 0) is 15.8 Å². The minimum atomic E-state index is -1.01. The summed E-state index contributed by atoms with van der Waals surface area (Å²) in [5.41, 5.74) is 6.48. The summed E-state index contributed by atoms with van der Waals surface area (Å²) in [6, 6.07) is 35.9. The normalized spacial score (nSPS) is 15.3. The first kappa shape index (κ1) is 39.6. The lowest BCUT2D eigenvalue weighted by Crippen LogP contribution is -2.44. The van der Waals surface area contributed by atoms with Crippen molar-refractivity contribution in [1.29, 1.82) is 0 Å². The molecule has 6 N–H and O–H groups in total. The molecule has 2 heterocycles. The number of hydroxylamine groups is 2. The minimum absolute atomic E-state index is 0.132. The number of carbonyl (C=O) groups excluding carboxylic acids is 1. The van der Waals surface area contributed by atoms with Crippen molar-refractivity contribution < 1.29 is 30.1 Å². The summed E-state index contributed by atoms with van der Waals surface area (Å²) in [5.74, 6) is -0.733. The molecule has 0 radical (unpaired) electrons. The molecule has 2 atom stereocenters. The van der Waals surface area contributed by atoms with Crippen LogP contribution in [0, 0.1) is 5.92 Å². The lowest BCUT2D eigenvalue weighted by molar-refractivity contribution is -0.142. The smallest absolute Gasteiger partial charge is 0.339 e. The van der Waals surface area contributed by atoms with Crippen molar-refractivity contribution in [2.75, 3.05) is 19.6 Å². The average molecular weight is 738 g/mol. The predicted octanol–water partition coefficient (Wildman–Crippen LogP) is 8.24. The van der Waals surface area contributed by atoms with Crippen LogP contribution < -0.4 is 5.73 Å². The van der Waals surface area contributed by atoms with Gasteiger partial charge in [0.1, 0.15) is 5.60 Å². The molecule has 1 aromatic heterocycles. The Morgan fingerprint density at radius 1 is 0.868 bits per heavy atom. The molecule has 10 heteroatoms. The zero-order chi connectivity index (χ0) is 38.2. The summed E-state index contributed by atoms with van der Waals surface area (Å²) in [4.78, 5) is 25.6. The van der Waals surface area contributed by atoms with Crippen LogP contribution in [0.15, 0.2) is 115 Å². The number of benzene rings is 4. The van der Waals surface area contributed by atoms with Crippen LogP contribution in [0.4, 0.5) is 4.79 Å². The number of aliphatic hydroxyl groups excluding tert-OH is 1. The second-order valence-corrected chi connectivity index (χ2v) is 15.5. The third-order valence-corrected chi connectivity index (χ3v) is 11.8. The van der Waals surface area contributed by atoms with Crippen LogP contribution in [0.1, 0.15) is 85.7 Å². The Morgan fingerprint density at radius 3 is 1.94 bits per heavy atom. The van der Waals surface area contributed by atoms with Gasteiger partial charge in [0, 0.05) is 9.58 Å². The monoisotopic (exact) mass is 737 g/mol. The van der Waals surface area contributed by atoms with Gasteiger partial charge in [0.05, 0.1) is 17.6 Å². The van der Waals surface area contributed by atoms with Gasteiger partial charge in [-0.3, -0.25) is 10.0 Å². The fourth-order valence-corrected chi connectivity index (χ4v) is 8.14. The van der Waals surface area contributed by atoms with Crippen LogP contribution in [0.2, 0.25) is 0 Å². The summed E-state index contributed by atoms with van der Waals surface area (Å²) in [6.45, 7) is 7.84. The van der Waals surface area contributed by atoms with E-state index in [0.29, 0.717) is 11.5 Å². The number of nitrogens with zero attached hydrogens (tertiary/aromatic N) is 2. The van der Waals surface area contributed by atoms with E-state index in [9.17, 15) is 30.1 Å². The molecule has 5 aromatic rings. The highest BCUT2D eigenvalue weighted by molar-refractivity contribution is 7.19. The number of likely N-dealkylation sites (tertiary alicyclic amines) is 1. The van der Waals surface area contributed by atoms with Crippen LogP contribution in [0.25, 0.3) is 10.1 Å². The van der Waals surface area contributed by atoms with Crippen molar-refractivity contribution in [1.82, 2.24) is 9.96 Å². The van der Waals surface area contributed by atoms with E-state index in [1.807, 2.05) is 103 Å². The molecule has 0 saturated carbocycles. The maximum atomic E-state index is 12.1. The van der Waals surface area contributed by atoms with Crippen LogP contribution in [0.5, 0.6) is 0 Å². The minimum Gasteiger partial charge on any atom is -0.481 e. The van der Waals surface area contributed by atoms with Crippen molar-refractivity contribution in [3.8, 4) is 0 Å². The van der Waals surface area contributed by atoms with E-state index in [1.165, 1.54) is 0 Å². The first-order valence-electron chi connectivity index (χ1n) is 18.2. The molecule has 0 spiro atoms. The molecule has 1 fully saturated rings. The largest absolute Gasteiger partial charge is 0.481 e. The Morgan fingerprint density at radius 2 is 1.42 bits per heavy atom. The van der Waals surface area contributed by atoms with Gasteiger partial charge in [0.2, 0.25) is 0 Å². The zero-order valence-electron chi connectivity index (χ0n) is 30.6. The molecule has 53 heavy (non-hydrogen) atoms. The molecule has 280 valence electrons. The average Bonchev–Trinajstić information content (AvgIpc) is 3.63. The van der Waals surface area contributed by atoms with E-state index in [2.05, 4.69) is 4.90 Å². The molecule has 1 saturated heterocycles. The van der Waals surface area contributed by atoms with E-state index in [1.54, 1.807) is 44.2 Å². The SMILES string of the molecule is CC(C)(C(=O)O)c1ccc(C(O)CCCN2CCC(C(O)(c3ccccc3)c3ccccc3)CC2)cc1.CC(c1cc2ccccc2s1)N(O)C(N)=O. The highest BCUT2D eigenvalue weighted by Gasteiger charge is 2.41. The number of amides is 2. The number of carbonyl (C=O) groups is 2. The Bertz CT molecular complexity index is 1850. The first-order valence-corrected chi connectivity index (χ1v) is 19.0. The van der Waals surface area contributed by atoms with Gasteiger partial charge in [-0.2, -0.15) is 5.06 Å². The van der Waals surface area contributed by atoms with Crippen LogP contribution in [-0.4, -0.2) is 62.1 Å². The van der Waals surface area contributed by atoms with E-state index >= 15 is 0 Å². The molecule has 0 bridgehead atoms. The molecule has 2 unspecified atom stereocenters. The standard InChI is InChI=1S/C32H39NO4.C11H12N2O2S/c1-31(2,30(35)36)25-17-15-24(16-18-25)29(34)14-9-21-33-22-19-28(20-23-33)32(37,26-10-5-3-6-11-26)27-12-7-4-8-13-27;1-7(13(15)11(12)14)10-6-8-4-2-3-5-9(8)16-10/h3-8,10-13,15-18,28-29,34,37H,9,14,19-23H2,1-2H3,(H,35,36);2-7,15H,1H3,(H2,12,14). The number of hydrogen-bond donors (Lipinski definition) is 5. The Hall–Kier alpha value is -4.58. The summed E-state index contributed by atoms with van der Waals surface area (Å²) in [5, 5.41) is 43.3. The third kappa shape index (κ3) is 9.33. The lowest BCUT2D eigenvalue weighted by atomic mass is 9.72. The van der Waals surface area contributed by atoms with Crippen LogP contribution in [0.3, 0.4) is 0 Å². The van der Waals surface area contributed by atoms with Gasteiger partial charge in [-0.25, -0.2) is 4.79 Å². The fraction of sp³-hybridized carbons (Fsp3) is 0.349. The second-order valence-electron chi connectivity index (χ2n) is 14.4. The van der Waals surface area contributed by atoms with Crippen molar-refractivity contribution >= 4 is 33.4 Å². The maximum Gasteiger partial charge on any atom is 0.339 e. The predicted molar refractivity (Wildman–Crippen MR) is 210 cm³/mol. The summed E-state index contributed by atoms with van der Waals surface area (Å²) in [7, 11) is 0. The molecular weight excluding hydrogens is 687 g/mol. The quantitative estimate of drug-likeness (QED) is 0.0640. The molecule has 1 aliphatic rings. The van der Waals surface area contributed by atoms with Crippen molar-refractivity contribution in [3.05, 3.63) is 142 Å². The first-order chi connectivity index (χ1) is 25.3. The van der Waals surface area contributed by atoms with Crippen molar-refractivity contribution in [2.24, 2.45) is 11.7 Å². The van der Waals surface area contributed by atoms with Crippen molar-refractivity contribution in [2.45, 2.75) is 69.6 Å². The van der Waals surface area contributed by atoms with E-state index in [-0.39, 0.29) is 5.92 Å². The number of aliphatic hydroxyl groups is 2. The number of piperidine rings is 1. The molecule has 2 amide bonds. The maximum absolute atomic E-state index is 12.1. The third-order valence-electron chi connectivity index (χ3n) is 10.6. The number of carboxylic acid groups (broad SMARTS) is 1. The van der Waals surface area contributed by atoms with Crippen LogP contribution >= 0.6 is 11.3 Å². The number of fused-ring (bicyclic) bond motifs is 1. The van der Waals surface area contributed by atoms with E-state index in [0.717, 1.165) is 76.1 Å². The Labute approximate surface area is 315 Å². The number of urea groups is 1. The number of rotatable bonds is 12. The van der Waals surface area contributed by atoms with Gasteiger partial charge in [-0.1, -0.05) is 103 Å². The molecule has 0 aliphatic carbocycles. The molecule has 4 aromatic carbocycles. The summed E-state index contributed by atoms with van der Waals surface area (Å²) < 4.78 is 1.13. The number of nitrogens with two attached hydrogens (primary N) is 1. The number of hydrogen-bond acceptors (Lipinski definition) is 7. The van der Waals surface area contributed by atoms with Gasteiger partial charge >= 0.3 is 12.0 Å². The Kier molecular flexibility index (Phi) is 13.1. The molecular formula is C43H51N3O6S. The van der Waals surface area contributed by atoms with Gasteiger partial charge in [0.15, 0.2) is 0 Å². The second kappa shape index (κ2) is 17.5. The Balaban J connectivity index is 0.000000281. The number of primary amides is 1. The van der Waals surface area contributed by atoms with Gasteiger partial charge in [-0.15, -0.1) is 11.3 Å². The number of thiophene rings is 1. The molecule has 1 aliphatic heterocycles. The topological polar surface area (TPSA) is 148 Å². The van der Waals surface area contributed by atoms with E-state index in [4.69, 9.17) is 5.73 Å². The number of aliphatic carboxylic acids is 1. The molecule has 9 nitrogen and oxygen atoms in total. The summed E-state index contributed by atoms with van der Waals surface area (Å²) in [6.07, 6.45) is 2.77. The van der Waals surface area contributed by atoms with Gasteiger partial charge in [-0.05, 0) is 112 Å². The van der Waals surface area contributed by atoms with Gasteiger partial charge in [0.25, 0.3) is 0 Å². The highest BCUT2D eigenvalue weighted by Crippen LogP contribution is 2.42. The number of carboxylic acids is 1. The fourth-order valence-electron chi connectivity index (χ4n) is 7.04. The lowest BCUT2D eigenvalue weighted by Gasteiger charge is -2.42. The molecule has 6 rings (SSSR count). The van der Waals surface area contributed by atoms with E-state index < -0.39 is 35.2 Å². The van der Waals surface area contributed by atoms with Gasteiger partial charge < -0.3 is 26.0 Å². The zero-order valence-corrected chi connectivity index (χ0v) is 31.5. The summed E-state index contributed by atoms with van der Waals surface area (Å²) >= 11 is 1.54. The van der Waals surface area contributed by atoms with Crippen molar-refractivity contribution in [3.63, 3.8) is 0 Å². The highest BCUT2D eigenvalue weighted by atomic mass is 32.1.